The van der Waals surface area contributed by atoms with E-state index in [1.54, 1.807) is 0 Å². The molecule has 0 amide bonds. The van der Waals surface area contributed by atoms with E-state index in [9.17, 15) is 0 Å². The highest BCUT2D eigenvalue weighted by atomic mass is 16.5. The van der Waals surface area contributed by atoms with Gasteiger partial charge in [0.05, 0.1) is 13.2 Å². The number of hydrogen-bond acceptors (Lipinski definition) is 3. The molecule has 0 bridgehead atoms. The third kappa shape index (κ3) is 4.74. The highest BCUT2D eigenvalue weighted by molar-refractivity contribution is 4.88. The molecule has 1 aliphatic rings. The van der Waals surface area contributed by atoms with Crippen LogP contribution in [0, 0.1) is 5.92 Å². The van der Waals surface area contributed by atoms with E-state index in [0.717, 1.165) is 31.2 Å². The number of ether oxygens (including phenoxy) is 1. The van der Waals surface area contributed by atoms with Crippen LogP contribution >= 0.6 is 0 Å². The Hall–Kier alpha value is -0.380. The zero-order valence-electron chi connectivity index (χ0n) is 9.09. The second-order valence-corrected chi connectivity index (χ2v) is 4.14. The normalized spacial score (nSPS) is 18.1. The molecule has 3 nitrogen and oxygen atoms in total. The zero-order chi connectivity index (χ0) is 10.4. The first kappa shape index (κ1) is 11.7. The molecule has 0 heterocycles. The van der Waals surface area contributed by atoms with Gasteiger partial charge < -0.3 is 15.8 Å². The Morgan fingerprint density at radius 3 is 2.86 bits per heavy atom. The molecule has 0 saturated heterocycles. The van der Waals surface area contributed by atoms with Crippen molar-refractivity contribution in [2.45, 2.75) is 25.8 Å². The van der Waals surface area contributed by atoms with E-state index < -0.39 is 0 Å². The molecule has 1 rings (SSSR count). The van der Waals surface area contributed by atoms with Crippen LogP contribution in [-0.2, 0) is 4.74 Å². The smallest absolute Gasteiger partial charge is 0.0672 e. The highest BCUT2D eigenvalue weighted by Crippen LogP contribution is 2.31. The van der Waals surface area contributed by atoms with Crippen molar-refractivity contribution >= 4 is 0 Å². The summed E-state index contributed by atoms with van der Waals surface area (Å²) >= 11 is 0. The summed E-state index contributed by atoms with van der Waals surface area (Å²) in [5.41, 5.74) is 6.73. The Bertz CT molecular complexity index is 178. The van der Waals surface area contributed by atoms with Gasteiger partial charge >= 0.3 is 0 Å². The summed E-state index contributed by atoms with van der Waals surface area (Å²) in [6.07, 6.45) is 2.67. The average Bonchev–Trinajstić information content (AvgIpc) is 2.94. The summed E-state index contributed by atoms with van der Waals surface area (Å²) < 4.78 is 5.39. The van der Waals surface area contributed by atoms with E-state index in [-0.39, 0.29) is 0 Å². The predicted molar refractivity (Wildman–Crippen MR) is 59.2 cm³/mol. The summed E-state index contributed by atoms with van der Waals surface area (Å²) in [6, 6.07) is 0.503. The summed E-state index contributed by atoms with van der Waals surface area (Å²) in [6.45, 7) is 8.80. The molecular formula is C11H22N2O. The third-order valence-electron chi connectivity index (χ3n) is 2.45. The minimum atomic E-state index is 0.503. The van der Waals surface area contributed by atoms with Crippen LogP contribution < -0.4 is 11.1 Å². The zero-order valence-corrected chi connectivity index (χ0v) is 9.09. The van der Waals surface area contributed by atoms with Crippen molar-refractivity contribution in [3.05, 3.63) is 12.2 Å². The van der Waals surface area contributed by atoms with Crippen molar-refractivity contribution in [1.82, 2.24) is 5.32 Å². The van der Waals surface area contributed by atoms with Crippen LogP contribution in [0.5, 0.6) is 0 Å². The van der Waals surface area contributed by atoms with Gasteiger partial charge in [0, 0.05) is 19.1 Å². The summed E-state index contributed by atoms with van der Waals surface area (Å²) in [4.78, 5) is 0. The molecule has 1 aliphatic carbocycles. The summed E-state index contributed by atoms with van der Waals surface area (Å²) in [5.74, 6) is 0.821. The van der Waals surface area contributed by atoms with Crippen molar-refractivity contribution in [2.75, 3.05) is 26.3 Å². The standard InChI is InChI=1S/C11H22N2O/c1-9(2)8-14-6-5-13-11(7-12)10-3-4-10/h10-11,13H,1,3-8,12H2,2H3. The van der Waals surface area contributed by atoms with Crippen molar-refractivity contribution in [2.24, 2.45) is 11.7 Å². The monoisotopic (exact) mass is 198 g/mol. The van der Waals surface area contributed by atoms with Crippen LogP contribution in [0.4, 0.5) is 0 Å². The first-order chi connectivity index (χ1) is 6.74. The van der Waals surface area contributed by atoms with Crippen molar-refractivity contribution in [1.29, 1.82) is 0 Å². The molecular weight excluding hydrogens is 176 g/mol. The Morgan fingerprint density at radius 2 is 2.36 bits per heavy atom. The fraction of sp³-hybridized carbons (Fsp3) is 0.818. The Morgan fingerprint density at radius 1 is 1.64 bits per heavy atom. The third-order valence-corrected chi connectivity index (χ3v) is 2.45. The van der Waals surface area contributed by atoms with E-state index >= 15 is 0 Å². The maximum atomic E-state index is 5.66. The van der Waals surface area contributed by atoms with Gasteiger partial charge in [-0.2, -0.15) is 0 Å². The van der Waals surface area contributed by atoms with Gasteiger partial charge in [-0.05, 0) is 25.7 Å². The van der Waals surface area contributed by atoms with Gasteiger partial charge in [-0.15, -0.1) is 0 Å². The van der Waals surface area contributed by atoms with Crippen molar-refractivity contribution in [3.8, 4) is 0 Å². The van der Waals surface area contributed by atoms with Gasteiger partial charge in [-0.25, -0.2) is 0 Å². The molecule has 1 saturated carbocycles. The van der Waals surface area contributed by atoms with E-state index in [1.165, 1.54) is 12.8 Å². The predicted octanol–water partition coefficient (Wildman–Crippen LogP) is 0.906. The van der Waals surface area contributed by atoms with Gasteiger partial charge in [0.2, 0.25) is 0 Å². The summed E-state index contributed by atoms with van der Waals surface area (Å²) in [7, 11) is 0. The minimum Gasteiger partial charge on any atom is -0.376 e. The molecule has 14 heavy (non-hydrogen) atoms. The minimum absolute atomic E-state index is 0.503. The molecule has 0 aromatic heterocycles. The topological polar surface area (TPSA) is 47.3 Å². The van der Waals surface area contributed by atoms with E-state index in [2.05, 4.69) is 11.9 Å². The lowest BCUT2D eigenvalue weighted by Crippen LogP contribution is -2.39. The Balaban J connectivity index is 1.93. The number of nitrogens with two attached hydrogens (primary N) is 1. The quantitative estimate of drug-likeness (QED) is 0.450. The lowest BCUT2D eigenvalue weighted by molar-refractivity contribution is 0.154. The molecule has 0 aromatic rings. The molecule has 1 fully saturated rings. The first-order valence-electron chi connectivity index (χ1n) is 5.39. The molecule has 82 valence electrons. The van der Waals surface area contributed by atoms with Crippen LogP contribution in [0.25, 0.3) is 0 Å². The fourth-order valence-electron chi connectivity index (χ4n) is 1.50. The van der Waals surface area contributed by atoms with Crippen LogP contribution in [0.15, 0.2) is 12.2 Å². The summed E-state index contributed by atoms with van der Waals surface area (Å²) in [5, 5.41) is 3.43. The van der Waals surface area contributed by atoms with Gasteiger partial charge in [0.25, 0.3) is 0 Å². The maximum absolute atomic E-state index is 5.66. The molecule has 3 N–H and O–H groups in total. The second-order valence-electron chi connectivity index (χ2n) is 4.14. The van der Waals surface area contributed by atoms with Crippen LogP contribution in [0.1, 0.15) is 19.8 Å². The number of hydrogen-bond donors (Lipinski definition) is 2. The van der Waals surface area contributed by atoms with Crippen molar-refractivity contribution in [3.63, 3.8) is 0 Å². The van der Waals surface area contributed by atoms with Crippen LogP contribution in [-0.4, -0.2) is 32.3 Å². The van der Waals surface area contributed by atoms with Crippen molar-refractivity contribution < 1.29 is 4.74 Å². The molecule has 0 aliphatic heterocycles. The van der Waals surface area contributed by atoms with E-state index in [4.69, 9.17) is 10.5 Å². The first-order valence-corrected chi connectivity index (χ1v) is 5.39. The number of rotatable bonds is 8. The lowest BCUT2D eigenvalue weighted by Gasteiger charge is -2.15. The molecule has 0 aromatic carbocycles. The Labute approximate surface area is 86.7 Å². The van der Waals surface area contributed by atoms with Gasteiger partial charge in [-0.3, -0.25) is 0 Å². The molecule has 3 heteroatoms. The molecule has 1 unspecified atom stereocenters. The van der Waals surface area contributed by atoms with Gasteiger partial charge in [-0.1, -0.05) is 12.2 Å². The maximum Gasteiger partial charge on any atom is 0.0672 e. The van der Waals surface area contributed by atoms with E-state index in [0.29, 0.717) is 12.6 Å². The largest absolute Gasteiger partial charge is 0.376 e. The van der Waals surface area contributed by atoms with Gasteiger partial charge in [0.1, 0.15) is 0 Å². The number of nitrogens with one attached hydrogen (secondary N) is 1. The van der Waals surface area contributed by atoms with Crippen LogP contribution in [0.3, 0.4) is 0 Å². The highest BCUT2D eigenvalue weighted by Gasteiger charge is 2.29. The molecule has 0 radical (unpaired) electrons. The second kappa shape index (κ2) is 6.17. The molecule has 1 atom stereocenters. The lowest BCUT2D eigenvalue weighted by atomic mass is 10.2. The SMILES string of the molecule is C=C(C)COCCNC(CN)C1CC1. The fourth-order valence-corrected chi connectivity index (χ4v) is 1.50. The van der Waals surface area contributed by atoms with Gasteiger partial charge in [0.15, 0.2) is 0 Å². The average molecular weight is 198 g/mol. The Kier molecular flexibility index (Phi) is 5.15. The van der Waals surface area contributed by atoms with Crippen LogP contribution in [0.2, 0.25) is 0 Å². The van der Waals surface area contributed by atoms with E-state index in [1.807, 2.05) is 6.92 Å². The molecule has 0 spiro atoms.